The van der Waals surface area contributed by atoms with Gasteiger partial charge in [0.2, 0.25) is 5.91 Å². The summed E-state index contributed by atoms with van der Waals surface area (Å²) in [6.07, 6.45) is 7.85. The van der Waals surface area contributed by atoms with E-state index in [-0.39, 0.29) is 11.8 Å². The molecule has 1 aliphatic carbocycles. The van der Waals surface area contributed by atoms with Gasteiger partial charge >= 0.3 is 0 Å². The van der Waals surface area contributed by atoms with E-state index < -0.39 is 0 Å². The van der Waals surface area contributed by atoms with Crippen LogP contribution >= 0.6 is 0 Å². The van der Waals surface area contributed by atoms with Crippen LogP contribution in [0.5, 0.6) is 0 Å². The summed E-state index contributed by atoms with van der Waals surface area (Å²) >= 11 is 0. The number of hydrogen-bond acceptors (Lipinski definition) is 4. The van der Waals surface area contributed by atoms with Gasteiger partial charge in [0.05, 0.1) is 5.69 Å². The van der Waals surface area contributed by atoms with Crippen molar-refractivity contribution < 1.29 is 4.79 Å². The highest BCUT2D eigenvalue weighted by Gasteiger charge is 2.28. The van der Waals surface area contributed by atoms with Crippen molar-refractivity contribution in [1.82, 2.24) is 19.9 Å². The number of piperidine rings is 1. The Hall–Kier alpha value is -2.89. The Bertz CT molecular complexity index is 1050. The molecule has 2 aromatic heterocycles. The number of fused-ring (bicyclic) bond motifs is 1. The second-order valence-electron chi connectivity index (χ2n) is 9.03. The molecule has 6 nitrogen and oxygen atoms in total. The molecule has 3 heterocycles. The summed E-state index contributed by atoms with van der Waals surface area (Å²) < 4.78 is 1.96. The fraction of sp³-hybridized carbons (Fsp3) is 0.480. The van der Waals surface area contributed by atoms with Gasteiger partial charge in [-0.15, -0.1) is 0 Å². The van der Waals surface area contributed by atoms with Gasteiger partial charge in [-0.2, -0.15) is 9.61 Å². The van der Waals surface area contributed by atoms with Gasteiger partial charge < -0.3 is 10.2 Å². The Morgan fingerprint density at radius 1 is 1.00 bits per heavy atom. The van der Waals surface area contributed by atoms with Crippen molar-refractivity contribution in [2.75, 3.05) is 18.0 Å². The highest BCUT2D eigenvalue weighted by molar-refractivity contribution is 5.79. The summed E-state index contributed by atoms with van der Waals surface area (Å²) in [6.45, 7) is 3.76. The number of rotatable bonds is 4. The normalized spacial score (nSPS) is 18.4. The van der Waals surface area contributed by atoms with E-state index in [2.05, 4.69) is 34.5 Å². The molecule has 0 bridgehead atoms. The lowest BCUT2D eigenvalue weighted by atomic mass is 9.92. The second kappa shape index (κ2) is 8.69. The van der Waals surface area contributed by atoms with Crippen molar-refractivity contribution >= 4 is 17.4 Å². The lowest BCUT2D eigenvalue weighted by Gasteiger charge is -2.34. The monoisotopic (exact) mass is 417 g/mol. The van der Waals surface area contributed by atoms with Crippen molar-refractivity contribution in [3.05, 3.63) is 48.2 Å². The van der Waals surface area contributed by atoms with Crippen molar-refractivity contribution in [2.24, 2.45) is 5.92 Å². The van der Waals surface area contributed by atoms with Gasteiger partial charge in [-0.05, 0) is 32.6 Å². The number of anilines is 1. The van der Waals surface area contributed by atoms with Gasteiger partial charge in [-0.1, -0.05) is 49.6 Å². The molecule has 6 heteroatoms. The van der Waals surface area contributed by atoms with Gasteiger partial charge in [0.1, 0.15) is 5.82 Å². The minimum atomic E-state index is 0.120. The molecule has 5 rings (SSSR count). The number of nitrogens with one attached hydrogen (secondary N) is 1. The highest BCUT2D eigenvalue weighted by Crippen LogP contribution is 2.27. The fourth-order valence-corrected chi connectivity index (χ4v) is 4.99. The SMILES string of the molecule is Cc1cc(N2CCC(C(=O)NC3CCCCC3)CC2)n2nc(-c3ccccc3)cc2n1. The van der Waals surface area contributed by atoms with Gasteiger partial charge in [-0.25, -0.2) is 4.98 Å². The average Bonchev–Trinajstić information content (AvgIpc) is 3.24. The highest BCUT2D eigenvalue weighted by atomic mass is 16.1. The summed E-state index contributed by atoms with van der Waals surface area (Å²) in [5.74, 6) is 1.44. The maximum absolute atomic E-state index is 12.8. The number of nitrogens with zero attached hydrogens (tertiary/aromatic N) is 4. The standard InChI is InChI=1S/C25H31N5O/c1-18-16-24(30-23(26-18)17-22(28-30)19-8-4-2-5-9-19)29-14-12-20(13-15-29)25(31)27-21-10-6-3-7-11-21/h2,4-5,8-9,16-17,20-21H,3,6-7,10-15H2,1H3,(H,27,31). The molecule has 0 atom stereocenters. The number of aromatic nitrogens is 3. The Morgan fingerprint density at radius 2 is 1.74 bits per heavy atom. The molecule has 1 saturated carbocycles. The first-order valence-electron chi connectivity index (χ1n) is 11.7. The molecule has 0 unspecified atom stereocenters. The van der Waals surface area contributed by atoms with Crippen LogP contribution in [0.3, 0.4) is 0 Å². The predicted octanol–water partition coefficient (Wildman–Crippen LogP) is 4.37. The van der Waals surface area contributed by atoms with Gasteiger partial charge in [0.25, 0.3) is 0 Å². The Labute approximate surface area is 183 Å². The van der Waals surface area contributed by atoms with Gasteiger partial charge in [0, 0.05) is 48.4 Å². The Morgan fingerprint density at radius 3 is 2.48 bits per heavy atom. The zero-order chi connectivity index (χ0) is 21.2. The van der Waals surface area contributed by atoms with Crippen LogP contribution in [0.15, 0.2) is 42.5 Å². The summed E-state index contributed by atoms with van der Waals surface area (Å²) in [7, 11) is 0. The minimum Gasteiger partial charge on any atom is -0.356 e. The van der Waals surface area contributed by atoms with Gasteiger partial charge in [0.15, 0.2) is 5.65 Å². The molecule has 1 aliphatic heterocycles. The van der Waals surface area contributed by atoms with E-state index in [0.29, 0.717) is 6.04 Å². The third-order valence-corrected chi connectivity index (χ3v) is 6.75. The van der Waals surface area contributed by atoms with Crippen LogP contribution in [0.4, 0.5) is 5.82 Å². The summed E-state index contributed by atoms with van der Waals surface area (Å²) in [5.41, 5.74) is 3.88. The molecular formula is C25H31N5O. The minimum absolute atomic E-state index is 0.120. The van der Waals surface area contributed by atoms with E-state index in [1.807, 2.05) is 29.6 Å². The van der Waals surface area contributed by atoms with E-state index in [9.17, 15) is 4.79 Å². The average molecular weight is 418 g/mol. The zero-order valence-electron chi connectivity index (χ0n) is 18.3. The lowest BCUT2D eigenvalue weighted by Crippen LogP contribution is -2.44. The van der Waals surface area contributed by atoms with E-state index in [0.717, 1.165) is 67.2 Å². The van der Waals surface area contributed by atoms with Crippen molar-refractivity contribution in [3.8, 4) is 11.3 Å². The van der Waals surface area contributed by atoms with Gasteiger partial charge in [-0.3, -0.25) is 4.79 Å². The van der Waals surface area contributed by atoms with Crippen molar-refractivity contribution in [1.29, 1.82) is 0 Å². The number of carbonyl (C=O) groups is 1. The third kappa shape index (κ3) is 4.29. The van der Waals surface area contributed by atoms with E-state index in [4.69, 9.17) is 10.1 Å². The summed E-state index contributed by atoms with van der Waals surface area (Å²) in [4.78, 5) is 19.8. The molecule has 0 radical (unpaired) electrons. The quantitative estimate of drug-likeness (QED) is 0.685. The molecule has 2 aliphatic rings. The van der Waals surface area contributed by atoms with Crippen LogP contribution < -0.4 is 10.2 Å². The van der Waals surface area contributed by atoms with Crippen LogP contribution in [0.1, 0.15) is 50.6 Å². The fourth-order valence-electron chi connectivity index (χ4n) is 4.99. The molecule has 2 fully saturated rings. The topological polar surface area (TPSA) is 62.5 Å². The third-order valence-electron chi connectivity index (χ3n) is 6.75. The van der Waals surface area contributed by atoms with Crippen LogP contribution in [-0.2, 0) is 4.79 Å². The van der Waals surface area contributed by atoms with Crippen LogP contribution in [0, 0.1) is 12.8 Å². The number of hydrogen-bond donors (Lipinski definition) is 1. The van der Waals surface area contributed by atoms with E-state index >= 15 is 0 Å². The number of aryl methyl sites for hydroxylation is 1. The molecule has 0 spiro atoms. The molecule has 1 amide bonds. The molecule has 1 aromatic carbocycles. The maximum atomic E-state index is 12.8. The molecule has 3 aromatic rings. The Kier molecular flexibility index (Phi) is 5.62. The lowest BCUT2D eigenvalue weighted by molar-refractivity contribution is -0.126. The van der Waals surface area contributed by atoms with E-state index in [1.54, 1.807) is 0 Å². The number of carbonyl (C=O) groups excluding carboxylic acids is 1. The number of amides is 1. The summed E-state index contributed by atoms with van der Waals surface area (Å²) in [5, 5.41) is 8.18. The molecule has 31 heavy (non-hydrogen) atoms. The first kappa shape index (κ1) is 20.0. The molecule has 162 valence electrons. The first-order valence-corrected chi connectivity index (χ1v) is 11.7. The first-order chi connectivity index (χ1) is 15.2. The Balaban J connectivity index is 1.31. The van der Waals surface area contributed by atoms with Crippen LogP contribution in [0.25, 0.3) is 16.9 Å². The summed E-state index contributed by atoms with van der Waals surface area (Å²) in [6, 6.07) is 14.8. The molecular weight excluding hydrogens is 386 g/mol. The van der Waals surface area contributed by atoms with Crippen molar-refractivity contribution in [3.63, 3.8) is 0 Å². The van der Waals surface area contributed by atoms with Crippen LogP contribution in [-0.4, -0.2) is 39.6 Å². The zero-order valence-corrected chi connectivity index (χ0v) is 18.3. The van der Waals surface area contributed by atoms with Crippen LogP contribution in [0.2, 0.25) is 0 Å². The predicted molar refractivity (Wildman–Crippen MR) is 123 cm³/mol. The molecule has 1 saturated heterocycles. The van der Waals surface area contributed by atoms with E-state index in [1.165, 1.54) is 19.3 Å². The maximum Gasteiger partial charge on any atom is 0.223 e. The second-order valence-corrected chi connectivity index (χ2v) is 9.03. The smallest absolute Gasteiger partial charge is 0.223 e. The largest absolute Gasteiger partial charge is 0.356 e. The molecule has 1 N–H and O–H groups in total. The van der Waals surface area contributed by atoms with Crippen molar-refractivity contribution in [2.45, 2.75) is 57.9 Å². The number of benzene rings is 1.